The van der Waals surface area contributed by atoms with Crippen molar-refractivity contribution in [2.24, 2.45) is 0 Å². The number of fused-ring (bicyclic) bond motifs is 4. The van der Waals surface area contributed by atoms with Crippen LogP contribution >= 0.6 is 0 Å². The number of hydrogen-bond donors (Lipinski definition) is 0. The second-order valence-electron chi connectivity index (χ2n) is 14.2. The van der Waals surface area contributed by atoms with Crippen molar-refractivity contribution >= 4 is 22.5 Å². The van der Waals surface area contributed by atoms with Gasteiger partial charge in [-0.1, -0.05) is 12.8 Å². The van der Waals surface area contributed by atoms with Crippen molar-refractivity contribution < 1.29 is 37.0 Å². The Bertz CT molecular complexity index is 1940. The predicted molar refractivity (Wildman–Crippen MR) is 207 cm³/mol. The van der Waals surface area contributed by atoms with Gasteiger partial charge in [0.25, 0.3) is 5.91 Å². The Morgan fingerprint density at radius 3 is 2.00 bits per heavy atom. The monoisotopic (exact) mass is 747 g/mol. The normalized spacial score (nSPS) is 17.8. The quantitative estimate of drug-likeness (QED) is 0.0786. The van der Waals surface area contributed by atoms with Gasteiger partial charge in [-0.2, -0.15) is 0 Å². The van der Waals surface area contributed by atoms with Crippen LogP contribution in [0.5, 0.6) is 23.0 Å². The molecule has 12 heteroatoms. The van der Waals surface area contributed by atoms with Gasteiger partial charge in [0.2, 0.25) is 5.43 Å². The van der Waals surface area contributed by atoms with Crippen LogP contribution in [-0.2, 0) is 0 Å². The first-order valence-corrected chi connectivity index (χ1v) is 19.3. The molecule has 4 heterocycles. The molecule has 0 N–H and O–H groups in total. The van der Waals surface area contributed by atoms with Crippen LogP contribution < -0.4 is 29.3 Å². The van der Waals surface area contributed by atoms with Crippen LogP contribution in [-0.4, -0.2) is 99.1 Å². The molecule has 4 aromatic rings. The number of methoxy groups -OCH3 is 1. The smallest absolute Gasteiger partial charge is 0.263 e. The fraction of sp³-hybridized carbons (Fsp3) is 0.476. The molecule has 290 valence electrons. The number of aromatic nitrogens is 1. The van der Waals surface area contributed by atoms with E-state index < -0.39 is 23.0 Å². The molecule has 3 aliphatic heterocycles. The summed E-state index contributed by atoms with van der Waals surface area (Å²) < 4.78 is 55.3. The third-order valence-electron chi connectivity index (χ3n) is 10.7. The zero-order valence-electron chi connectivity index (χ0n) is 32.0. The average Bonchev–Trinajstić information content (AvgIpc) is 3.16. The number of unbranched alkanes of at least 4 members (excludes halogenated alkanes) is 4. The van der Waals surface area contributed by atoms with Crippen LogP contribution in [0.2, 0.25) is 0 Å². The zero-order valence-corrected chi connectivity index (χ0v) is 32.0. The summed E-state index contributed by atoms with van der Waals surface area (Å²) in [6.07, 6.45) is 7.02. The second kappa shape index (κ2) is 17.6. The van der Waals surface area contributed by atoms with Gasteiger partial charge in [0.15, 0.2) is 0 Å². The van der Waals surface area contributed by atoms with E-state index in [0.717, 1.165) is 37.5 Å². The number of anilines is 1. The third kappa shape index (κ3) is 8.81. The fourth-order valence-electron chi connectivity index (χ4n) is 7.81. The molecule has 1 aromatic heterocycles. The number of rotatable bonds is 18. The number of amides is 1. The van der Waals surface area contributed by atoms with Crippen molar-refractivity contribution in [1.82, 2.24) is 9.47 Å². The molecule has 3 aliphatic rings. The van der Waals surface area contributed by atoms with Crippen LogP contribution in [0.25, 0.3) is 16.6 Å². The molecule has 54 heavy (non-hydrogen) atoms. The van der Waals surface area contributed by atoms with Crippen LogP contribution in [0.15, 0.2) is 59.5 Å². The number of nitrogens with zero attached hydrogens (tertiary/aromatic N) is 4. The van der Waals surface area contributed by atoms with Gasteiger partial charge in [-0.05, 0) is 52.2 Å². The number of quaternary nitrogens is 1. The van der Waals surface area contributed by atoms with Gasteiger partial charge in [-0.3, -0.25) is 14.5 Å². The maximum absolute atomic E-state index is 14.3. The lowest BCUT2D eigenvalue weighted by Gasteiger charge is -2.50. The number of benzene rings is 3. The molecule has 3 saturated heterocycles. The van der Waals surface area contributed by atoms with Crippen LogP contribution in [0.3, 0.4) is 0 Å². The number of pyridine rings is 1. The Morgan fingerprint density at radius 2 is 1.39 bits per heavy atom. The molecule has 2 bridgehead atoms. The zero-order chi connectivity index (χ0) is 38.2. The van der Waals surface area contributed by atoms with Crippen LogP contribution in [0.4, 0.5) is 14.5 Å². The van der Waals surface area contributed by atoms with E-state index in [1.54, 1.807) is 41.8 Å². The highest BCUT2D eigenvalue weighted by Gasteiger charge is 2.37. The molecule has 0 radical (unpaired) electrons. The van der Waals surface area contributed by atoms with E-state index >= 15 is 0 Å². The van der Waals surface area contributed by atoms with Crippen molar-refractivity contribution in [2.75, 3.05) is 84.2 Å². The number of carbonyl (C=O) groups excluding carboxylic acids is 1. The van der Waals surface area contributed by atoms with E-state index in [1.165, 1.54) is 81.3 Å². The lowest BCUT2D eigenvalue weighted by Crippen LogP contribution is -2.67. The summed E-state index contributed by atoms with van der Waals surface area (Å²) in [7, 11) is 1.46. The maximum atomic E-state index is 14.3. The summed E-state index contributed by atoms with van der Waals surface area (Å²) >= 11 is 0. The Hall–Kier alpha value is -4.68. The van der Waals surface area contributed by atoms with E-state index in [2.05, 4.69) is 4.90 Å². The molecule has 3 aromatic carbocycles. The van der Waals surface area contributed by atoms with E-state index in [9.17, 15) is 18.4 Å². The summed E-state index contributed by atoms with van der Waals surface area (Å²) in [5, 5.41) is 0.151. The minimum Gasteiger partial charge on any atom is -0.496 e. The first-order valence-electron chi connectivity index (χ1n) is 19.3. The first kappa shape index (κ1) is 39.0. The molecular formula is C42H53F2N4O6+. The Morgan fingerprint density at radius 1 is 0.778 bits per heavy atom. The van der Waals surface area contributed by atoms with Gasteiger partial charge in [0.05, 0.1) is 69.7 Å². The summed E-state index contributed by atoms with van der Waals surface area (Å²) in [5.41, 5.74) is 0.181. The lowest BCUT2D eigenvalue weighted by atomic mass is 10.1. The summed E-state index contributed by atoms with van der Waals surface area (Å²) in [6, 6.07) is 11.6. The molecule has 0 saturated carbocycles. The van der Waals surface area contributed by atoms with Gasteiger partial charge < -0.3 is 32.9 Å². The largest absolute Gasteiger partial charge is 0.496 e. The highest BCUT2D eigenvalue weighted by molar-refractivity contribution is 6.08. The third-order valence-corrected chi connectivity index (χ3v) is 10.7. The summed E-state index contributed by atoms with van der Waals surface area (Å²) in [6.45, 7) is 15.7. The van der Waals surface area contributed by atoms with E-state index in [1.807, 2.05) is 13.8 Å². The van der Waals surface area contributed by atoms with Gasteiger partial charge >= 0.3 is 0 Å². The number of hydrogen-bond acceptors (Lipinski definition) is 7. The van der Waals surface area contributed by atoms with Crippen molar-refractivity contribution in [3.05, 3.63) is 82.1 Å². The van der Waals surface area contributed by atoms with Gasteiger partial charge in [-0.25, -0.2) is 8.78 Å². The van der Waals surface area contributed by atoms with E-state index in [-0.39, 0.29) is 28.9 Å². The number of carbonyl (C=O) groups is 1. The standard InChI is InChI=1S/C42H53F2N4O6/c1-5-46(32-22-30(43)21-31(44)23-32)42(50)37-29-47(33-24-34(52-6-2)26-35(25-33)53-7-3)38-27-36(28-39(51-4)40(38)41(37)49)54-20-12-10-8-9-11-16-48-17-13-45(14-18-48)15-19-48/h21-29H,5-20H2,1-4H3/q+1. The fourth-order valence-corrected chi connectivity index (χ4v) is 7.81. The first-order chi connectivity index (χ1) is 26.2. The Balaban J connectivity index is 1.29. The van der Waals surface area contributed by atoms with Gasteiger partial charge in [-0.15, -0.1) is 0 Å². The molecule has 0 spiro atoms. The molecule has 0 aliphatic carbocycles. The average molecular weight is 748 g/mol. The summed E-state index contributed by atoms with van der Waals surface area (Å²) in [4.78, 5) is 32.3. The van der Waals surface area contributed by atoms with Crippen molar-refractivity contribution in [1.29, 1.82) is 0 Å². The van der Waals surface area contributed by atoms with E-state index in [4.69, 9.17) is 18.9 Å². The van der Waals surface area contributed by atoms with Crippen molar-refractivity contribution in [2.45, 2.75) is 52.9 Å². The molecule has 1 amide bonds. The highest BCUT2D eigenvalue weighted by atomic mass is 19.1. The van der Waals surface area contributed by atoms with Crippen molar-refractivity contribution in [3.8, 4) is 28.7 Å². The molecule has 0 unspecified atom stereocenters. The Kier molecular flexibility index (Phi) is 12.7. The Labute approximate surface area is 316 Å². The minimum absolute atomic E-state index is 0.00729. The van der Waals surface area contributed by atoms with Crippen molar-refractivity contribution in [3.63, 3.8) is 0 Å². The minimum atomic E-state index is -0.837. The van der Waals surface area contributed by atoms with Crippen LogP contribution in [0, 0.1) is 11.6 Å². The molecule has 10 nitrogen and oxygen atoms in total. The molecule has 0 atom stereocenters. The van der Waals surface area contributed by atoms with Gasteiger partial charge in [0.1, 0.15) is 40.2 Å². The number of piperazine rings is 3. The lowest BCUT2D eigenvalue weighted by molar-refractivity contribution is -0.941. The second-order valence-corrected chi connectivity index (χ2v) is 14.2. The molecular weight excluding hydrogens is 694 g/mol. The topological polar surface area (TPSA) is 82.5 Å². The van der Waals surface area contributed by atoms with Gasteiger partial charge in [0, 0.05) is 74.5 Å². The van der Waals surface area contributed by atoms with Crippen LogP contribution in [0.1, 0.15) is 63.2 Å². The predicted octanol–water partition coefficient (Wildman–Crippen LogP) is 7.22. The maximum Gasteiger partial charge on any atom is 0.263 e. The molecule has 3 fully saturated rings. The summed E-state index contributed by atoms with van der Waals surface area (Å²) in [5.74, 6) is -0.584. The number of ether oxygens (including phenoxy) is 4. The molecule has 7 rings (SSSR count). The number of halogens is 2. The SMILES string of the molecule is CCOc1cc(OCC)cc(-n2cc(C(=O)N(CC)c3cc(F)cc(F)c3)c(=O)c3c(OC)cc(OCCCCCCC[N+]45CCN(CC4)CC5)cc32)c1. The highest BCUT2D eigenvalue weighted by Crippen LogP contribution is 2.34. The van der Waals surface area contributed by atoms with E-state index in [0.29, 0.717) is 48.3 Å².